The topological polar surface area (TPSA) is 52.1 Å². The van der Waals surface area contributed by atoms with Gasteiger partial charge in [0.25, 0.3) is 0 Å². The maximum atomic E-state index is 12.7. The summed E-state index contributed by atoms with van der Waals surface area (Å²) in [5.41, 5.74) is 2.16. The zero-order valence-electron chi connectivity index (χ0n) is 23.1. The number of carbonyl (C=O) groups is 1. The molecule has 0 N–H and O–H groups in total. The molecular formula is C33H48N2O2. The minimum absolute atomic E-state index is 0.0466. The van der Waals surface area contributed by atoms with Crippen LogP contribution >= 0.6 is 0 Å². The first kappa shape index (κ1) is 27.8. The van der Waals surface area contributed by atoms with Crippen molar-refractivity contribution < 1.29 is 9.53 Å². The predicted octanol–water partition coefficient (Wildman–Crippen LogP) is 9.12. The first-order chi connectivity index (χ1) is 18.2. The number of unbranched alkanes of at least 4 members (excludes halogenated alkanes) is 7. The van der Waals surface area contributed by atoms with E-state index in [2.05, 4.69) is 16.9 Å². The summed E-state index contributed by atoms with van der Waals surface area (Å²) in [5, 5.41) is 0. The summed E-state index contributed by atoms with van der Waals surface area (Å²) in [6, 6.07) is 7.63. The van der Waals surface area contributed by atoms with Crippen LogP contribution in [0.3, 0.4) is 0 Å². The second kappa shape index (κ2) is 15.2. The second-order valence-corrected chi connectivity index (χ2v) is 11.7. The monoisotopic (exact) mass is 504 g/mol. The Hall–Kier alpha value is -2.23. The fraction of sp³-hybridized carbons (Fsp3) is 0.667. The third-order valence-corrected chi connectivity index (χ3v) is 8.46. The number of ether oxygens (including phenoxy) is 1. The van der Waals surface area contributed by atoms with E-state index in [1.807, 2.05) is 36.7 Å². The number of hydrogen-bond donors (Lipinski definition) is 0. The number of benzene rings is 1. The zero-order chi connectivity index (χ0) is 25.7. The van der Waals surface area contributed by atoms with E-state index in [0.29, 0.717) is 5.75 Å². The van der Waals surface area contributed by atoms with Crippen LogP contribution in [0, 0.1) is 17.8 Å². The molecule has 2 saturated carbocycles. The number of aryl methyl sites for hydroxylation is 1. The van der Waals surface area contributed by atoms with Crippen molar-refractivity contribution in [2.45, 2.75) is 122 Å². The maximum Gasteiger partial charge on any atom is 0.314 e. The van der Waals surface area contributed by atoms with Crippen LogP contribution in [0.2, 0.25) is 0 Å². The van der Waals surface area contributed by atoms with Gasteiger partial charge in [0, 0.05) is 18.0 Å². The molecule has 1 heterocycles. The Kier molecular flexibility index (Phi) is 11.5. The highest BCUT2D eigenvalue weighted by Gasteiger charge is 2.27. The summed E-state index contributed by atoms with van der Waals surface area (Å²) in [6.07, 6.45) is 27.0. The minimum atomic E-state index is -0.0707. The van der Waals surface area contributed by atoms with Crippen molar-refractivity contribution >= 4 is 5.97 Å². The van der Waals surface area contributed by atoms with Crippen molar-refractivity contribution in [1.29, 1.82) is 0 Å². The van der Waals surface area contributed by atoms with Crippen molar-refractivity contribution in [3.63, 3.8) is 0 Å². The highest BCUT2D eigenvalue weighted by atomic mass is 16.5. The number of carbonyl (C=O) groups excluding carboxylic acids is 1. The molecule has 0 atom stereocenters. The van der Waals surface area contributed by atoms with Crippen molar-refractivity contribution in [2.75, 3.05) is 0 Å². The van der Waals surface area contributed by atoms with Gasteiger partial charge in [-0.1, -0.05) is 84.0 Å². The van der Waals surface area contributed by atoms with Gasteiger partial charge in [0.2, 0.25) is 0 Å². The van der Waals surface area contributed by atoms with Gasteiger partial charge in [-0.25, -0.2) is 9.97 Å². The molecule has 1 aromatic carbocycles. The van der Waals surface area contributed by atoms with E-state index in [9.17, 15) is 4.79 Å². The summed E-state index contributed by atoms with van der Waals surface area (Å²) in [7, 11) is 0. The highest BCUT2D eigenvalue weighted by Crippen LogP contribution is 2.34. The Morgan fingerprint density at radius 3 is 1.95 bits per heavy atom. The molecule has 0 amide bonds. The van der Waals surface area contributed by atoms with Crippen LogP contribution in [-0.2, 0) is 11.2 Å². The Morgan fingerprint density at radius 2 is 1.32 bits per heavy atom. The number of nitrogens with zero attached hydrogens (tertiary/aromatic N) is 2. The molecule has 2 aliphatic rings. The third kappa shape index (κ3) is 9.87. The largest absolute Gasteiger partial charge is 0.426 e. The molecule has 0 aliphatic heterocycles. The average molecular weight is 505 g/mol. The molecule has 4 heteroatoms. The first-order valence-corrected chi connectivity index (χ1v) is 15.3. The van der Waals surface area contributed by atoms with Crippen molar-refractivity contribution in [1.82, 2.24) is 9.97 Å². The van der Waals surface area contributed by atoms with E-state index in [1.165, 1.54) is 89.0 Å². The van der Waals surface area contributed by atoms with Gasteiger partial charge < -0.3 is 4.74 Å². The lowest BCUT2D eigenvalue weighted by molar-refractivity contribution is -0.140. The predicted molar refractivity (Wildman–Crippen MR) is 151 cm³/mol. The molecule has 202 valence electrons. The van der Waals surface area contributed by atoms with Gasteiger partial charge in [-0.2, -0.15) is 0 Å². The normalized spacial score (nSPS) is 19.6. The van der Waals surface area contributed by atoms with Gasteiger partial charge in [-0.05, 0) is 80.2 Å². The average Bonchev–Trinajstić information content (AvgIpc) is 3.76. The molecule has 0 bridgehead atoms. The van der Waals surface area contributed by atoms with E-state index in [1.54, 1.807) is 0 Å². The van der Waals surface area contributed by atoms with E-state index in [-0.39, 0.29) is 11.9 Å². The Bertz CT molecular complexity index is 912. The lowest BCUT2D eigenvalue weighted by Crippen LogP contribution is -2.25. The van der Waals surface area contributed by atoms with E-state index >= 15 is 0 Å². The van der Waals surface area contributed by atoms with E-state index in [0.717, 1.165) is 55.3 Å². The van der Waals surface area contributed by atoms with Crippen LogP contribution in [0.15, 0.2) is 36.7 Å². The quantitative estimate of drug-likeness (QED) is 0.130. The van der Waals surface area contributed by atoms with E-state index < -0.39 is 0 Å². The molecule has 0 unspecified atom stereocenters. The SMILES string of the molecule is CCCCCC1CCC(C(=O)Oc2ccc(-c3ncc(CCCCCCCCC4CC4)cn3)cc2)CC1. The number of rotatable bonds is 16. The highest BCUT2D eigenvalue weighted by molar-refractivity contribution is 5.75. The van der Waals surface area contributed by atoms with Gasteiger partial charge in [0.15, 0.2) is 5.82 Å². The van der Waals surface area contributed by atoms with E-state index in [4.69, 9.17) is 4.74 Å². The Labute approximate surface area is 225 Å². The molecule has 4 nitrogen and oxygen atoms in total. The smallest absolute Gasteiger partial charge is 0.314 e. The van der Waals surface area contributed by atoms with Gasteiger partial charge in [0.05, 0.1) is 5.92 Å². The van der Waals surface area contributed by atoms with Gasteiger partial charge in [0.1, 0.15) is 5.75 Å². The molecule has 4 rings (SSSR count). The summed E-state index contributed by atoms with van der Waals surface area (Å²) >= 11 is 0. The van der Waals surface area contributed by atoms with Crippen LogP contribution in [0.1, 0.15) is 122 Å². The molecular weight excluding hydrogens is 456 g/mol. The number of hydrogen-bond acceptors (Lipinski definition) is 4. The van der Waals surface area contributed by atoms with Crippen LogP contribution in [0.5, 0.6) is 5.75 Å². The lowest BCUT2D eigenvalue weighted by atomic mass is 9.80. The fourth-order valence-corrected chi connectivity index (χ4v) is 5.75. The molecule has 2 aromatic rings. The molecule has 37 heavy (non-hydrogen) atoms. The van der Waals surface area contributed by atoms with Gasteiger partial charge >= 0.3 is 5.97 Å². The standard InChI is InChI=1S/C33H48N2O2/c1-2-3-8-11-27-16-18-30(19-17-27)33(36)37-31-22-20-29(21-23-31)32-34-24-28(25-35-32)13-10-7-5-4-6-9-12-26-14-15-26/h20-27,30H,2-19H2,1H3. The van der Waals surface area contributed by atoms with Crippen molar-refractivity contribution in [3.8, 4) is 17.1 Å². The minimum Gasteiger partial charge on any atom is -0.426 e. The summed E-state index contributed by atoms with van der Waals surface area (Å²) in [4.78, 5) is 21.9. The van der Waals surface area contributed by atoms with Crippen molar-refractivity contribution in [3.05, 3.63) is 42.2 Å². The number of aromatic nitrogens is 2. The third-order valence-electron chi connectivity index (χ3n) is 8.46. The van der Waals surface area contributed by atoms with Gasteiger partial charge in [-0.3, -0.25) is 4.79 Å². The molecule has 0 saturated heterocycles. The van der Waals surface area contributed by atoms with Crippen molar-refractivity contribution in [2.24, 2.45) is 17.8 Å². The van der Waals surface area contributed by atoms with Gasteiger partial charge in [-0.15, -0.1) is 0 Å². The Morgan fingerprint density at radius 1 is 0.757 bits per heavy atom. The number of esters is 1. The van der Waals surface area contributed by atoms with Crippen LogP contribution < -0.4 is 4.74 Å². The second-order valence-electron chi connectivity index (χ2n) is 11.7. The molecule has 0 spiro atoms. The fourth-order valence-electron chi connectivity index (χ4n) is 5.75. The molecule has 0 radical (unpaired) electrons. The zero-order valence-corrected chi connectivity index (χ0v) is 23.1. The molecule has 2 aliphatic carbocycles. The lowest BCUT2D eigenvalue weighted by Gasteiger charge is -2.27. The van der Waals surface area contributed by atoms with Crippen LogP contribution in [0.4, 0.5) is 0 Å². The molecule has 2 fully saturated rings. The maximum absolute atomic E-state index is 12.7. The Balaban J connectivity index is 1.13. The summed E-state index contributed by atoms with van der Waals surface area (Å²) in [6.45, 7) is 2.25. The first-order valence-electron chi connectivity index (χ1n) is 15.3. The van der Waals surface area contributed by atoms with Crippen LogP contribution in [-0.4, -0.2) is 15.9 Å². The molecule has 1 aromatic heterocycles. The summed E-state index contributed by atoms with van der Waals surface area (Å²) in [5.74, 6) is 3.19. The van der Waals surface area contributed by atoms with Crippen LogP contribution in [0.25, 0.3) is 11.4 Å². The summed E-state index contributed by atoms with van der Waals surface area (Å²) < 4.78 is 5.72.